The van der Waals surface area contributed by atoms with E-state index in [2.05, 4.69) is 58.8 Å². The molecule has 0 aliphatic rings. The molecule has 5 nitrogen and oxygen atoms in total. The maximum absolute atomic E-state index is 5.25. The fourth-order valence-corrected chi connectivity index (χ4v) is 2.87. The second-order valence-corrected chi connectivity index (χ2v) is 6.56. The topological polar surface area (TPSA) is 63.8 Å². The zero-order valence-electron chi connectivity index (χ0n) is 13.1. The van der Waals surface area contributed by atoms with Gasteiger partial charge in [0.15, 0.2) is 5.82 Å². The van der Waals surface area contributed by atoms with Crippen LogP contribution >= 0.6 is 22.6 Å². The third kappa shape index (κ3) is 3.53. The van der Waals surface area contributed by atoms with Gasteiger partial charge in [-0.3, -0.25) is 0 Å². The lowest BCUT2D eigenvalue weighted by atomic mass is 10.1. The molecule has 2 aromatic heterocycles. The van der Waals surface area contributed by atoms with Gasteiger partial charge in [-0.05, 0) is 55.7 Å². The van der Waals surface area contributed by atoms with Gasteiger partial charge in [0.25, 0.3) is 0 Å². The number of hydrogen-bond donors (Lipinski definition) is 1. The van der Waals surface area contributed by atoms with E-state index in [0.717, 1.165) is 45.1 Å². The molecular formula is C15H21IN4O. The molecule has 0 spiro atoms. The number of aromatic nitrogens is 3. The van der Waals surface area contributed by atoms with E-state index in [1.165, 1.54) is 0 Å². The molecule has 21 heavy (non-hydrogen) atoms. The first-order valence-electron chi connectivity index (χ1n) is 7.17. The minimum absolute atomic E-state index is 0.542. The SMILES string of the molecule is CCNc1nc(-c2c(C)noc2C)nc(CC(C)C)c1I. The van der Waals surface area contributed by atoms with Gasteiger partial charge in [-0.25, -0.2) is 9.97 Å². The standard InChI is InChI=1S/C15H21IN4O/c1-6-17-15-13(16)11(7-8(2)3)18-14(19-15)12-9(4)20-21-10(12)5/h8H,6-7H2,1-5H3,(H,17,18,19). The van der Waals surface area contributed by atoms with Crippen molar-refractivity contribution in [3.05, 3.63) is 20.7 Å². The Labute approximate surface area is 139 Å². The second-order valence-electron chi connectivity index (χ2n) is 5.48. The highest BCUT2D eigenvalue weighted by Gasteiger charge is 2.19. The van der Waals surface area contributed by atoms with Crippen molar-refractivity contribution >= 4 is 28.4 Å². The molecular weight excluding hydrogens is 379 g/mol. The van der Waals surface area contributed by atoms with Crippen LogP contribution in [0.15, 0.2) is 4.52 Å². The largest absolute Gasteiger partial charge is 0.369 e. The van der Waals surface area contributed by atoms with Crippen molar-refractivity contribution in [1.29, 1.82) is 0 Å². The third-order valence-electron chi connectivity index (χ3n) is 3.12. The number of rotatable bonds is 5. The Hall–Kier alpha value is -1.18. The predicted octanol–water partition coefficient (Wildman–Crippen LogP) is 3.98. The van der Waals surface area contributed by atoms with Crippen molar-refractivity contribution in [3.8, 4) is 11.4 Å². The van der Waals surface area contributed by atoms with E-state index in [-0.39, 0.29) is 0 Å². The summed E-state index contributed by atoms with van der Waals surface area (Å²) >= 11 is 2.32. The fourth-order valence-electron chi connectivity index (χ4n) is 2.21. The van der Waals surface area contributed by atoms with Crippen LogP contribution in [0.3, 0.4) is 0 Å². The summed E-state index contributed by atoms with van der Waals surface area (Å²) in [6, 6.07) is 0. The predicted molar refractivity (Wildman–Crippen MR) is 92.4 cm³/mol. The van der Waals surface area contributed by atoms with Gasteiger partial charge in [-0.2, -0.15) is 0 Å². The van der Waals surface area contributed by atoms with Crippen molar-refractivity contribution in [2.24, 2.45) is 5.92 Å². The molecule has 0 aliphatic carbocycles. The van der Waals surface area contributed by atoms with E-state index < -0.39 is 0 Å². The molecule has 0 radical (unpaired) electrons. The zero-order chi connectivity index (χ0) is 15.6. The zero-order valence-corrected chi connectivity index (χ0v) is 15.3. The molecule has 0 aliphatic heterocycles. The van der Waals surface area contributed by atoms with E-state index in [9.17, 15) is 0 Å². The Morgan fingerprint density at radius 1 is 1.24 bits per heavy atom. The average molecular weight is 400 g/mol. The lowest BCUT2D eigenvalue weighted by molar-refractivity contribution is 0.393. The first kappa shape index (κ1) is 16.2. The molecule has 0 amide bonds. The summed E-state index contributed by atoms with van der Waals surface area (Å²) in [5, 5.41) is 7.33. The van der Waals surface area contributed by atoms with E-state index >= 15 is 0 Å². The lowest BCUT2D eigenvalue weighted by Crippen LogP contribution is -2.10. The number of nitrogens with zero attached hydrogens (tertiary/aromatic N) is 3. The Morgan fingerprint density at radius 2 is 1.95 bits per heavy atom. The van der Waals surface area contributed by atoms with Crippen molar-refractivity contribution in [2.45, 2.75) is 41.0 Å². The third-order valence-corrected chi connectivity index (χ3v) is 4.26. The molecule has 0 saturated heterocycles. The maximum atomic E-state index is 5.25. The van der Waals surface area contributed by atoms with E-state index in [4.69, 9.17) is 9.51 Å². The Kier molecular flexibility index (Phi) is 5.18. The summed E-state index contributed by atoms with van der Waals surface area (Å²) in [7, 11) is 0. The summed E-state index contributed by atoms with van der Waals surface area (Å²) < 4.78 is 6.34. The van der Waals surface area contributed by atoms with Crippen LogP contribution in [-0.2, 0) is 6.42 Å². The maximum Gasteiger partial charge on any atom is 0.167 e. The van der Waals surface area contributed by atoms with Gasteiger partial charge in [0.2, 0.25) is 0 Å². The molecule has 0 atom stereocenters. The minimum Gasteiger partial charge on any atom is -0.369 e. The number of anilines is 1. The highest BCUT2D eigenvalue weighted by Crippen LogP contribution is 2.29. The minimum atomic E-state index is 0.542. The highest BCUT2D eigenvalue weighted by molar-refractivity contribution is 14.1. The van der Waals surface area contributed by atoms with Crippen molar-refractivity contribution in [2.75, 3.05) is 11.9 Å². The second kappa shape index (κ2) is 6.72. The summed E-state index contributed by atoms with van der Waals surface area (Å²) in [4.78, 5) is 9.43. The smallest absolute Gasteiger partial charge is 0.167 e. The van der Waals surface area contributed by atoms with Crippen LogP contribution in [0.4, 0.5) is 5.82 Å². The van der Waals surface area contributed by atoms with Gasteiger partial charge < -0.3 is 9.84 Å². The summed E-state index contributed by atoms with van der Waals surface area (Å²) in [6.07, 6.45) is 0.926. The Balaban J connectivity index is 2.58. The average Bonchev–Trinajstić information content (AvgIpc) is 2.73. The van der Waals surface area contributed by atoms with Crippen LogP contribution in [0.1, 0.15) is 37.9 Å². The molecule has 0 aromatic carbocycles. The molecule has 0 fully saturated rings. The lowest BCUT2D eigenvalue weighted by Gasteiger charge is -2.13. The van der Waals surface area contributed by atoms with Crippen LogP contribution in [0, 0.1) is 23.3 Å². The van der Waals surface area contributed by atoms with Crippen LogP contribution in [0.2, 0.25) is 0 Å². The molecule has 0 unspecified atom stereocenters. The highest BCUT2D eigenvalue weighted by atomic mass is 127. The van der Waals surface area contributed by atoms with Crippen LogP contribution < -0.4 is 5.32 Å². The molecule has 0 saturated carbocycles. The molecule has 2 heterocycles. The first-order valence-corrected chi connectivity index (χ1v) is 8.25. The number of aryl methyl sites for hydroxylation is 2. The Morgan fingerprint density at radius 3 is 2.48 bits per heavy atom. The quantitative estimate of drug-likeness (QED) is 0.770. The van der Waals surface area contributed by atoms with Gasteiger partial charge in [-0.15, -0.1) is 0 Å². The van der Waals surface area contributed by atoms with E-state index in [0.29, 0.717) is 11.7 Å². The molecule has 6 heteroatoms. The van der Waals surface area contributed by atoms with Gasteiger partial charge in [0.05, 0.1) is 20.5 Å². The van der Waals surface area contributed by atoms with E-state index in [1.54, 1.807) is 0 Å². The Bertz CT molecular complexity index is 617. The molecule has 0 bridgehead atoms. The van der Waals surface area contributed by atoms with Gasteiger partial charge in [0.1, 0.15) is 11.6 Å². The molecule has 114 valence electrons. The molecule has 2 aromatic rings. The van der Waals surface area contributed by atoms with Crippen molar-refractivity contribution in [3.63, 3.8) is 0 Å². The first-order chi connectivity index (χ1) is 9.93. The summed E-state index contributed by atoms with van der Waals surface area (Å²) in [6.45, 7) is 11.1. The number of hydrogen-bond acceptors (Lipinski definition) is 5. The van der Waals surface area contributed by atoms with Gasteiger partial charge in [0, 0.05) is 6.54 Å². The van der Waals surface area contributed by atoms with Crippen LogP contribution in [-0.4, -0.2) is 21.7 Å². The molecule has 1 N–H and O–H groups in total. The molecule has 2 rings (SSSR count). The van der Waals surface area contributed by atoms with E-state index in [1.807, 2.05) is 13.8 Å². The summed E-state index contributed by atoms with van der Waals surface area (Å²) in [5.74, 6) is 2.88. The van der Waals surface area contributed by atoms with Crippen LogP contribution in [0.25, 0.3) is 11.4 Å². The van der Waals surface area contributed by atoms with Crippen LogP contribution in [0.5, 0.6) is 0 Å². The van der Waals surface area contributed by atoms with Crippen molar-refractivity contribution in [1.82, 2.24) is 15.1 Å². The number of nitrogens with one attached hydrogen (secondary N) is 1. The van der Waals surface area contributed by atoms with Crippen molar-refractivity contribution < 1.29 is 4.52 Å². The fraction of sp³-hybridized carbons (Fsp3) is 0.533. The van der Waals surface area contributed by atoms with Gasteiger partial charge >= 0.3 is 0 Å². The number of halogens is 1. The summed E-state index contributed by atoms with van der Waals surface area (Å²) in [5.41, 5.74) is 2.80. The monoisotopic (exact) mass is 400 g/mol. The normalized spacial score (nSPS) is 11.2. The van der Waals surface area contributed by atoms with Gasteiger partial charge in [-0.1, -0.05) is 19.0 Å².